The van der Waals surface area contributed by atoms with E-state index in [4.69, 9.17) is 5.73 Å². The number of nitrogens with zero attached hydrogens (tertiary/aromatic N) is 1. The number of carbonyl (C=O) groups is 1. The number of hydrogen-bond acceptors (Lipinski definition) is 6. The minimum Gasteiger partial charge on any atom is -0.382 e. The minimum absolute atomic E-state index is 0.148. The van der Waals surface area contributed by atoms with E-state index < -0.39 is 0 Å². The number of rotatable bonds is 6. The van der Waals surface area contributed by atoms with E-state index in [9.17, 15) is 4.79 Å². The molecule has 96 valence electrons. The molecule has 1 aromatic heterocycles. The largest absolute Gasteiger partial charge is 0.382 e. The number of thioether (sulfide) groups is 1. The molecule has 1 rings (SSSR count). The summed E-state index contributed by atoms with van der Waals surface area (Å²) in [4.78, 5) is 16.4. The number of amides is 1. The van der Waals surface area contributed by atoms with E-state index in [1.807, 2.05) is 13.2 Å². The molecule has 0 radical (unpaired) electrons. The van der Waals surface area contributed by atoms with Crippen molar-refractivity contribution < 1.29 is 4.79 Å². The summed E-state index contributed by atoms with van der Waals surface area (Å²) < 4.78 is 0. The van der Waals surface area contributed by atoms with Crippen LogP contribution in [-0.2, 0) is 0 Å². The zero-order valence-corrected chi connectivity index (χ0v) is 11.9. The maximum Gasteiger partial charge on any atom is 0.265 e. The Morgan fingerprint density at radius 2 is 2.35 bits per heavy atom. The lowest BCUT2D eigenvalue weighted by molar-refractivity contribution is 0.0959. The molecule has 1 aromatic rings. The van der Waals surface area contributed by atoms with Crippen LogP contribution in [0.1, 0.15) is 23.5 Å². The third-order valence-corrected chi connectivity index (χ3v) is 4.14. The van der Waals surface area contributed by atoms with Crippen LogP contribution < -0.4 is 16.4 Å². The summed E-state index contributed by atoms with van der Waals surface area (Å²) in [6.07, 6.45) is 2.02. The molecule has 0 aliphatic carbocycles. The molecule has 1 atom stereocenters. The third-order valence-electron chi connectivity index (χ3n) is 2.14. The lowest BCUT2D eigenvalue weighted by Crippen LogP contribution is -2.29. The molecule has 0 fully saturated rings. The van der Waals surface area contributed by atoms with Crippen molar-refractivity contribution in [1.82, 2.24) is 10.3 Å². The number of nitrogens with two attached hydrogens (primary N) is 1. The van der Waals surface area contributed by atoms with Gasteiger partial charge in [-0.25, -0.2) is 4.98 Å². The van der Waals surface area contributed by atoms with E-state index in [2.05, 4.69) is 22.5 Å². The zero-order chi connectivity index (χ0) is 12.8. The summed E-state index contributed by atoms with van der Waals surface area (Å²) >= 11 is 2.99. The maximum absolute atomic E-state index is 11.8. The second-order valence-electron chi connectivity index (χ2n) is 3.52. The molecule has 7 heteroatoms. The Hall–Kier alpha value is -0.950. The van der Waals surface area contributed by atoms with Crippen molar-refractivity contribution in [2.24, 2.45) is 0 Å². The minimum atomic E-state index is -0.148. The van der Waals surface area contributed by atoms with Crippen molar-refractivity contribution in [3.63, 3.8) is 0 Å². The Bertz CT molecular complexity index is 380. The van der Waals surface area contributed by atoms with Gasteiger partial charge in [0.05, 0.1) is 0 Å². The summed E-state index contributed by atoms with van der Waals surface area (Å²) in [5, 5.41) is 6.97. The first kappa shape index (κ1) is 14.1. The van der Waals surface area contributed by atoms with Crippen molar-refractivity contribution in [2.45, 2.75) is 19.1 Å². The van der Waals surface area contributed by atoms with E-state index in [-0.39, 0.29) is 5.91 Å². The highest BCUT2D eigenvalue weighted by molar-refractivity contribution is 7.99. The normalized spacial score (nSPS) is 12.2. The average molecular weight is 274 g/mol. The van der Waals surface area contributed by atoms with Crippen LogP contribution in [0, 0.1) is 0 Å². The second kappa shape index (κ2) is 6.70. The molecule has 1 heterocycles. The van der Waals surface area contributed by atoms with Crippen LogP contribution in [0.15, 0.2) is 0 Å². The van der Waals surface area contributed by atoms with Crippen LogP contribution in [0.4, 0.5) is 10.9 Å². The zero-order valence-electron chi connectivity index (χ0n) is 10.2. The number of nitrogens with one attached hydrogen (secondary N) is 2. The number of hydrogen-bond donors (Lipinski definition) is 3. The summed E-state index contributed by atoms with van der Waals surface area (Å²) in [6, 6.07) is 0. The topological polar surface area (TPSA) is 80.0 Å². The smallest absolute Gasteiger partial charge is 0.265 e. The number of aromatic nitrogens is 1. The van der Waals surface area contributed by atoms with Gasteiger partial charge in [0, 0.05) is 18.3 Å². The van der Waals surface area contributed by atoms with Gasteiger partial charge in [0.25, 0.3) is 5.91 Å². The number of nitrogen functional groups attached to an aromatic ring is 1. The van der Waals surface area contributed by atoms with Gasteiger partial charge in [0.15, 0.2) is 5.13 Å². The first-order valence-electron chi connectivity index (χ1n) is 5.39. The Kier molecular flexibility index (Phi) is 5.57. The molecule has 0 aliphatic heterocycles. The fourth-order valence-electron chi connectivity index (χ4n) is 1.12. The monoisotopic (exact) mass is 274 g/mol. The third kappa shape index (κ3) is 4.08. The van der Waals surface area contributed by atoms with Gasteiger partial charge >= 0.3 is 0 Å². The highest BCUT2D eigenvalue weighted by Gasteiger charge is 2.16. The van der Waals surface area contributed by atoms with Gasteiger partial charge in [-0.3, -0.25) is 4.79 Å². The molecular weight excluding hydrogens is 256 g/mol. The molecule has 0 saturated carbocycles. The molecule has 0 aliphatic rings. The molecule has 0 bridgehead atoms. The second-order valence-corrected chi connectivity index (χ2v) is 5.80. The summed E-state index contributed by atoms with van der Waals surface area (Å²) in [5.74, 6) is 0.144. The van der Waals surface area contributed by atoms with Crippen LogP contribution in [0.2, 0.25) is 0 Å². The van der Waals surface area contributed by atoms with Crippen LogP contribution in [0.3, 0.4) is 0 Å². The van der Waals surface area contributed by atoms with Gasteiger partial charge in [0.1, 0.15) is 10.7 Å². The first-order chi connectivity index (χ1) is 8.08. The Morgan fingerprint density at radius 3 is 2.94 bits per heavy atom. The Labute approximate surface area is 110 Å². The van der Waals surface area contributed by atoms with Gasteiger partial charge in [-0.15, -0.1) is 0 Å². The maximum atomic E-state index is 11.8. The average Bonchev–Trinajstić information content (AvgIpc) is 2.67. The number of anilines is 2. The molecule has 1 unspecified atom stereocenters. The molecule has 0 aromatic carbocycles. The van der Waals surface area contributed by atoms with E-state index in [1.165, 1.54) is 11.3 Å². The lowest BCUT2D eigenvalue weighted by Gasteiger charge is -2.08. The SMILES string of the molecule is CCNc1nc(N)c(C(=O)NCC(C)SC)s1. The highest BCUT2D eigenvalue weighted by Crippen LogP contribution is 2.24. The first-order valence-corrected chi connectivity index (χ1v) is 7.50. The fourth-order valence-corrected chi connectivity index (χ4v) is 2.24. The predicted octanol–water partition coefficient (Wildman–Crippen LogP) is 1.64. The molecule has 17 heavy (non-hydrogen) atoms. The van der Waals surface area contributed by atoms with E-state index in [0.717, 1.165) is 6.54 Å². The van der Waals surface area contributed by atoms with Gasteiger partial charge < -0.3 is 16.4 Å². The number of carbonyl (C=O) groups excluding carboxylic acids is 1. The molecular formula is C10H18N4OS2. The molecule has 1 amide bonds. The summed E-state index contributed by atoms with van der Waals surface area (Å²) in [7, 11) is 0. The van der Waals surface area contributed by atoms with Crippen LogP contribution in [-0.4, -0.2) is 35.5 Å². The van der Waals surface area contributed by atoms with Crippen LogP contribution >= 0.6 is 23.1 Å². The Morgan fingerprint density at radius 1 is 1.65 bits per heavy atom. The summed E-state index contributed by atoms with van der Waals surface area (Å²) in [6.45, 7) is 5.42. The van der Waals surface area contributed by atoms with Gasteiger partial charge in [-0.1, -0.05) is 18.3 Å². The van der Waals surface area contributed by atoms with Gasteiger partial charge in [-0.05, 0) is 13.2 Å². The standard InChI is InChI=1S/C10H18N4OS2/c1-4-12-10-14-8(11)7(17-10)9(15)13-5-6(2)16-3/h6H,4-5,11H2,1-3H3,(H,12,14)(H,13,15). The van der Waals surface area contributed by atoms with Gasteiger partial charge in [0.2, 0.25) is 0 Å². The van der Waals surface area contributed by atoms with E-state index >= 15 is 0 Å². The highest BCUT2D eigenvalue weighted by atomic mass is 32.2. The summed E-state index contributed by atoms with van der Waals surface area (Å²) in [5.41, 5.74) is 5.70. The van der Waals surface area contributed by atoms with Crippen molar-refractivity contribution in [1.29, 1.82) is 0 Å². The van der Waals surface area contributed by atoms with E-state index in [0.29, 0.717) is 27.6 Å². The van der Waals surface area contributed by atoms with Crippen molar-refractivity contribution in [2.75, 3.05) is 30.4 Å². The molecule has 4 N–H and O–H groups in total. The van der Waals surface area contributed by atoms with Crippen LogP contribution in [0.5, 0.6) is 0 Å². The van der Waals surface area contributed by atoms with E-state index in [1.54, 1.807) is 11.8 Å². The molecule has 5 nitrogen and oxygen atoms in total. The van der Waals surface area contributed by atoms with Crippen LogP contribution in [0.25, 0.3) is 0 Å². The lowest BCUT2D eigenvalue weighted by atomic mass is 10.4. The fraction of sp³-hybridized carbons (Fsp3) is 0.600. The number of thiazole rings is 1. The molecule has 0 saturated heterocycles. The molecule has 0 spiro atoms. The quantitative estimate of drug-likeness (QED) is 0.735. The van der Waals surface area contributed by atoms with Crippen molar-refractivity contribution in [3.8, 4) is 0 Å². The van der Waals surface area contributed by atoms with Crippen molar-refractivity contribution >= 4 is 40.0 Å². The predicted molar refractivity (Wildman–Crippen MR) is 76.0 cm³/mol. The van der Waals surface area contributed by atoms with Crippen molar-refractivity contribution in [3.05, 3.63) is 4.88 Å². The van der Waals surface area contributed by atoms with Gasteiger partial charge in [-0.2, -0.15) is 11.8 Å². The Balaban J connectivity index is 2.62.